The van der Waals surface area contributed by atoms with Gasteiger partial charge in [-0.05, 0) is 49.0 Å². The van der Waals surface area contributed by atoms with Crippen LogP contribution in [0, 0.1) is 0 Å². The normalized spacial score (nSPS) is 14.5. The highest BCUT2D eigenvalue weighted by Crippen LogP contribution is 2.23. The van der Waals surface area contributed by atoms with Crippen molar-refractivity contribution in [1.29, 1.82) is 0 Å². The van der Waals surface area contributed by atoms with Gasteiger partial charge < -0.3 is 14.8 Å². The summed E-state index contributed by atoms with van der Waals surface area (Å²) in [5.41, 5.74) is 3.82. The SMILES string of the molecule is CN1CC(=O)Nc2ncc(/C=C/C(=O)N(C)Cc3cc4cc(Cl)ccc4n3C)cc2C1. The zero-order valence-electron chi connectivity index (χ0n) is 17.7. The van der Waals surface area contributed by atoms with Crippen molar-refractivity contribution in [1.82, 2.24) is 19.4 Å². The number of hydrogen-bond acceptors (Lipinski definition) is 4. The number of halogens is 1. The van der Waals surface area contributed by atoms with Crippen LogP contribution in [0.4, 0.5) is 5.82 Å². The molecular formula is C23H24ClN5O2. The highest BCUT2D eigenvalue weighted by atomic mass is 35.5. The minimum Gasteiger partial charge on any atom is -0.346 e. The Balaban J connectivity index is 1.47. The van der Waals surface area contributed by atoms with E-state index in [2.05, 4.69) is 20.9 Å². The van der Waals surface area contributed by atoms with Crippen LogP contribution in [0.3, 0.4) is 0 Å². The van der Waals surface area contributed by atoms with Crippen LogP contribution < -0.4 is 5.32 Å². The molecular weight excluding hydrogens is 414 g/mol. The number of amides is 2. The molecule has 0 saturated heterocycles. The predicted molar refractivity (Wildman–Crippen MR) is 123 cm³/mol. The molecule has 1 aliphatic heterocycles. The van der Waals surface area contributed by atoms with Gasteiger partial charge in [-0.25, -0.2) is 4.98 Å². The average molecular weight is 438 g/mol. The summed E-state index contributed by atoms with van der Waals surface area (Å²) in [5.74, 6) is 0.388. The molecule has 3 heterocycles. The number of hydrogen-bond donors (Lipinski definition) is 1. The first kappa shape index (κ1) is 21.1. The number of aromatic nitrogens is 2. The maximum absolute atomic E-state index is 12.7. The largest absolute Gasteiger partial charge is 0.346 e. The zero-order chi connectivity index (χ0) is 22.1. The molecule has 160 valence electrons. The maximum atomic E-state index is 12.7. The number of nitrogens with one attached hydrogen (secondary N) is 1. The number of pyridine rings is 1. The molecule has 0 unspecified atom stereocenters. The van der Waals surface area contributed by atoms with E-state index in [4.69, 9.17) is 11.6 Å². The van der Waals surface area contributed by atoms with Crippen molar-refractivity contribution in [2.24, 2.45) is 7.05 Å². The van der Waals surface area contributed by atoms with Crippen molar-refractivity contribution < 1.29 is 9.59 Å². The molecule has 8 heteroatoms. The van der Waals surface area contributed by atoms with Crippen molar-refractivity contribution in [2.45, 2.75) is 13.1 Å². The number of aryl methyl sites for hydroxylation is 1. The van der Waals surface area contributed by atoms with E-state index in [9.17, 15) is 9.59 Å². The third kappa shape index (κ3) is 4.62. The molecule has 1 N–H and O–H groups in total. The van der Waals surface area contributed by atoms with Crippen molar-refractivity contribution in [2.75, 3.05) is 26.0 Å². The first-order valence-electron chi connectivity index (χ1n) is 9.94. The molecule has 0 atom stereocenters. The number of likely N-dealkylation sites (N-methyl/N-ethyl adjacent to an activating group) is 2. The number of carbonyl (C=O) groups excluding carboxylic acids is 2. The lowest BCUT2D eigenvalue weighted by Gasteiger charge is -2.16. The second kappa shape index (κ2) is 8.53. The van der Waals surface area contributed by atoms with Gasteiger partial charge in [0.1, 0.15) is 5.82 Å². The monoisotopic (exact) mass is 437 g/mol. The summed E-state index contributed by atoms with van der Waals surface area (Å²) in [6.45, 7) is 1.41. The number of anilines is 1. The van der Waals surface area contributed by atoms with Crippen LogP contribution in [0.2, 0.25) is 5.02 Å². The molecule has 0 spiro atoms. The van der Waals surface area contributed by atoms with Gasteiger partial charge in [-0.15, -0.1) is 0 Å². The second-order valence-electron chi connectivity index (χ2n) is 7.92. The Labute approximate surface area is 185 Å². The topological polar surface area (TPSA) is 70.5 Å². The molecule has 0 aliphatic carbocycles. The molecule has 1 aliphatic rings. The summed E-state index contributed by atoms with van der Waals surface area (Å²) < 4.78 is 2.07. The van der Waals surface area contributed by atoms with E-state index < -0.39 is 0 Å². The van der Waals surface area contributed by atoms with Crippen LogP contribution >= 0.6 is 11.6 Å². The number of rotatable bonds is 4. The van der Waals surface area contributed by atoms with Gasteiger partial charge in [0.2, 0.25) is 11.8 Å². The maximum Gasteiger partial charge on any atom is 0.246 e. The summed E-state index contributed by atoms with van der Waals surface area (Å²) in [5, 5.41) is 4.55. The number of carbonyl (C=O) groups is 2. The van der Waals surface area contributed by atoms with Gasteiger partial charge in [0.15, 0.2) is 0 Å². The fraction of sp³-hybridized carbons (Fsp3) is 0.261. The average Bonchev–Trinajstić information content (AvgIpc) is 2.92. The van der Waals surface area contributed by atoms with Crippen LogP contribution in [-0.4, -0.2) is 51.8 Å². The predicted octanol–water partition coefficient (Wildman–Crippen LogP) is 3.28. The molecule has 0 bridgehead atoms. The van der Waals surface area contributed by atoms with Crippen LogP contribution in [-0.2, 0) is 29.7 Å². The molecule has 4 rings (SSSR count). The Hall–Kier alpha value is -3.16. The Morgan fingerprint density at radius 3 is 2.87 bits per heavy atom. The molecule has 7 nitrogen and oxygen atoms in total. The Kier molecular flexibility index (Phi) is 5.80. The number of nitrogens with zero attached hydrogens (tertiary/aromatic N) is 4. The summed E-state index contributed by atoms with van der Waals surface area (Å²) in [4.78, 5) is 32.4. The van der Waals surface area contributed by atoms with Gasteiger partial charge >= 0.3 is 0 Å². The first-order valence-corrected chi connectivity index (χ1v) is 10.3. The molecule has 0 radical (unpaired) electrons. The quantitative estimate of drug-likeness (QED) is 0.636. The van der Waals surface area contributed by atoms with Gasteiger partial charge in [-0.1, -0.05) is 11.6 Å². The van der Waals surface area contributed by atoms with Crippen LogP contribution in [0.15, 0.2) is 42.6 Å². The lowest BCUT2D eigenvalue weighted by Crippen LogP contribution is -2.26. The van der Waals surface area contributed by atoms with Crippen molar-refractivity contribution in [3.63, 3.8) is 0 Å². The molecule has 0 fully saturated rings. The van der Waals surface area contributed by atoms with Crippen molar-refractivity contribution in [3.05, 3.63) is 64.4 Å². The molecule has 2 amide bonds. The molecule has 0 saturated carbocycles. The van der Waals surface area contributed by atoms with Gasteiger partial charge in [0.05, 0.1) is 13.1 Å². The summed E-state index contributed by atoms with van der Waals surface area (Å²) in [7, 11) is 5.64. The Morgan fingerprint density at radius 2 is 2.06 bits per heavy atom. The van der Waals surface area contributed by atoms with E-state index in [1.54, 1.807) is 30.3 Å². The van der Waals surface area contributed by atoms with E-state index >= 15 is 0 Å². The summed E-state index contributed by atoms with van der Waals surface area (Å²) in [6.07, 6.45) is 4.95. The van der Waals surface area contributed by atoms with Crippen LogP contribution in [0.1, 0.15) is 16.8 Å². The third-order valence-corrected chi connectivity index (χ3v) is 5.63. The Morgan fingerprint density at radius 1 is 1.26 bits per heavy atom. The summed E-state index contributed by atoms with van der Waals surface area (Å²) in [6, 6.07) is 9.77. The fourth-order valence-corrected chi connectivity index (χ4v) is 3.94. The molecule has 31 heavy (non-hydrogen) atoms. The number of fused-ring (bicyclic) bond motifs is 2. The zero-order valence-corrected chi connectivity index (χ0v) is 18.5. The van der Waals surface area contributed by atoms with Crippen LogP contribution in [0.5, 0.6) is 0 Å². The molecule has 3 aromatic rings. The molecule has 1 aromatic carbocycles. The van der Waals surface area contributed by atoms with Gasteiger partial charge in [-0.3, -0.25) is 14.5 Å². The van der Waals surface area contributed by atoms with E-state index in [1.807, 2.05) is 43.3 Å². The van der Waals surface area contributed by atoms with Gasteiger partial charge in [-0.2, -0.15) is 0 Å². The fourth-order valence-electron chi connectivity index (χ4n) is 3.76. The second-order valence-corrected chi connectivity index (χ2v) is 8.36. The Bertz CT molecular complexity index is 1200. The highest BCUT2D eigenvalue weighted by molar-refractivity contribution is 6.31. The van der Waals surface area contributed by atoms with Gasteiger partial charge in [0.25, 0.3) is 0 Å². The van der Waals surface area contributed by atoms with E-state index in [1.165, 1.54) is 0 Å². The van der Waals surface area contributed by atoms with Crippen LogP contribution in [0.25, 0.3) is 17.0 Å². The van der Waals surface area contributed by atoms with E-state index in [0.29, 0.717) is 30.5 Å². The minimum atomic E-state index is -0.108. The lowest BCUT2D eigenvalue weighted by molar-refractivity contribution is -0.125. The summed E-state index contributed by atoms with van der Waals surface area (Å²) >= 11 is 6.09. The van der Waals surface area contributed by atoms with E-state index in [-0.39, 0.29) is 11.8 Å². The highest BCUT2D eigenvalue weighted by Gasteiger charge is 2.17. The first-order chi connectivity index (χ1) is 14.8. The lowest BCUT2D eigenvalue weighted by atomic mass is 10.1. The standard InChI is InChI=1S/C23H24ClN5O2/c1-27-12-17-8-15(11-25-23(17)26-21(30)14-27)4-7-22(31)28(2)13-19-10-16-9-18(24)5-6-20(16)29(19)3/h4-11H,12-14H2,1-3H3,(H,25,26,30)/b7-4+. The molecule has 2 aromatic heterocycles. The smallest absolute Gasteiger partial charge is 0.246 e. The van der Waals surface area contributed by atoms with Crippen molar-refractivity contribution in [3.8, 4) is 0 Å². The van der Waals surface area contributed by atoms with Gasteiger partial charge in [0, 0.05) is 60.1 Å². The third-order valence-electron chi connectivity index (χ3n) is 5.40. The number of benzene rings is 1. The van der Waals surface area contributed by atoms with Crippen molar-refractivity contribution >= 4 is 46.2 Å². The van der Waals surface area contributed by atoms with E-state index in [0.717, 1.165) is 27.7 Å². The minimum absolute atomic E-state index is 0.0792.